The lowest BCUT2D eigenvalue weighted by Crippen LogP contribution is -2.76. The van der Waals surface area contributed by atoms with E-state index in [1.54, 1.807) is 0 Å². The zero-order valence-corrected chi connectivity index (χ0v) is 7.50. The molecule has 0 spiro atoms. The van der Waals surface area contributed by atoms with E-state index in [0.29, 0.717) is 0 Å². The van der Waals surface area contributed by atoms with Crippen LogP contribution in [0, 0.1) is 7.05 Å². The van der Waals surface area contributed by atoms with E-state index in [4.69, 9.17) is 0 Å². The highest BCUT2D eigenvalue weighted by molar-refractivity contribution is 5.14. The number of hydrogen-bond acceptors (Lipinski definition) is 0. The Morgan fingerprint density at radius 1 is 1.08 bits per heavy atom. The van der Waals surface area contributed by atoms with Gasteiger partial charge in [-0.05, 0) is 24.8 Å². The van der Waals surface area contributed by atoms with E-state index < -0.39 is 0 Å². The Kier molecular flexibility index (Phi) is 4.47. The maximum Gasteiger partial charge on any atom is 0.0515 e. The molecular weight excluding hydrogens is 146 g/mol. The second-order valence-corrected chi connectivity index (χ2v) is 3.02. The molecule has 1 rings (SSSR count). The lowest BCUT2D eigenvalue weighted by molar-refractivity contribution is -0.595. The van der Waals surface area contributed by atoms with E-state index in [1.807, 2.05) is 5.32 Å². The van der Waals surface area contributed by atoms with Gasteiger partial charge in [-0.25, -0.2) is 0 Å². The van der Waals surface area contributed by atoms with E-state index in [0.717, 1.165) is 6.54 Å². The Morgan fingerprint density at radius 3 is 2.50 bits per heavy atom. The first-order valence-electron chi connectivity index (χ1n) is 4.58. The summed E-state index contributed by atoms with van der Waals surface area (Å²) in [6.45, 7) is 1.15. The predicted octanol–water partition coefficient (Wildman–Crippen LogP) is 1.36. The van der Waals surface area contributed by atoms with Crippen LogP contribution in [-0.2, 0) is 6.42 Å². The van der Waals surface area contributed by atoms with Crippen molar-refractivity contribution < 1.29 is 5.32 Å². The summed E-state index contributed by atoms with van der Waals surface area (Å²) in [5.41, 5.74) is 1.45. The zero-order valence-electron chi connectivity index (χ0n) is 7.50. The minimum atomic E-state index is 1.15. The fourth-order valence-corrected chi connectivity index (χ4v) is 1.26. The highest BCUT2D eigenvalue weighted by Crippen LogP contribution is 2.02. The first kappa shape index (κ1) is 9.27. The van der Waals surface area contributed by atoms with Gasteiger partial charge in [0.2, 0.25) is 0 Å². The van der Waals surface area contributed by atoms with E-state index in [9.17, 15) is 0 Å². The van der Waals surface area contributed by atoms with Crippen LogP contribution in [0.15, 0.2) is 30.3 Å². The average molecular weight is 163 g/mol. The van der Waals surface area contributed by atoms with Gasteiger partial charge in [-0.15, -0.1) is 0 Å². The van der Waals surface area contributed by atoms with Crippen molar-refractivity contribution >= 4 is 0 Å². The summed E-state index contributed by atoms with van der Waals surface area (Å²) in [7, 11) is 3.71. The third-order valence-electron chi connectivity index (χ3n) is 1.97. The summed E-state index contributed by atoms with van der Waals surface area (Å²) in [6.07, 6.45) is 3.74. The van der Waals surface area contributed by atoms with Gasteiger partial charge in [0.05, 0.1) is 6.54 Å². The summed E-state index contributed by atoms with van der Waals surface area (Å²) in [4.78, 5) is 0. The van der Waals surface area contributed by atoms with Crippen molar-refractivity contribution in [2.75, 3.05) is 6.54 Å². The third-order valence-corrected chi connectivity index (χ3v) is 1.97. The van der Waals surface area contributed by atoms with Crippen molar-refractivity contribution in [3.05, 3.63) is 42.9 Å². The molecule has 1 nitrogen and oxygen atoms in total. The molecule has 0 heterocycles. The SMILES string of the molecule is [CH2-][NH2+]CCCCc1ccccc1. The molecule has 0 radical (unpaired) electrons. The molecule has 0 aromatic heterocycles. The van der Waals surface area contributed by atoms with Gasteiger partial charge < -0.3 is 5.32 Å². The lowest BCUT2D eigenvalue weighted by Gasteiger charge is -2.01. The molecule has 12 heavy (non-hydrogen) atoms. The van der Waals surface area contributed by atoms with Gasteiger partial charge in [0.1, 0.15) is 0 Å². The molecule has 2 N–H and O–H groups in total. The molecule has 0 saturated carbocycles. The van der Waals surface area contributed by atoms with Crippen LogP contribution in [0.25, 0.3) is 0 Å². The Labute approximate surface area is 74.8 Å². The summed E-state index contributed by atoms with van der Waals surface area (Å²) in [5, 5.41) is 1.99. The first-order chi connectivity index (χ1) is 5.93. The van der Waals surface area contributed by atoms with Gasteiger partial charge >= 0.3 is 0 Å². The van der Waals surface area contributed by atoms with Gasteiger partial charge in [0.25, 0.3) is 0 Å². The predicted molar refractivity (Wildman–Crippen MR) is 51.5 cm³/mol. The minimum absolute atomic E-state index is 1.15. The number of nitrogens with two attached hydrogens (primary N) is 1. The highest BCUT2D eigenvalue weighted by atomic mass is 14.8. The van der Waals surface area contributed by atoms with Crippen LogP contribution in [0.2, 0.25) is 0 Å². The number of benzene rings is 1. The van der Waals surface area contributed by atoms with Crippen LogP contribution < -0.4 is 5.32 Å². The van der Waals surface area contributed by atoms with E-state index >= 15 is 0 Å². The van der Waals surface area contributed by atoms with Gasteiger partial charge in [-0.1, -0.05) is 30.3 Å². The Bertz CT molecular complexity index is 193. The number of unbranched alkanes of at least 4 members (excludes halogenated alkanes) is 1. The summed E-state index contributed by atoms with van der Waals surface area (Å²) in [5.74, 6) is 0. The van der Waals surface area contributed by atoms with Crippen molar-refractivity contribution in [1.29, 1.82) is 0 Å². The lowest BCUT2D eigenvalue weighted by atomic mass is 10.1. The van der Waals surface area contributed by atoms with Crippen LogP contribution in [0.5, 0.6) is 0 Å². The summed E-state index contributed by atoms with van der Waals surface area (Å²) >= 11 is 0. The Balaban J connectivity index is 2.16. The first-order valence-corrected chi connectivity index (χ1v) is 4.58. The van der Waals surface area contributed by atoms with Crippen LogP contribution in [0.1, 0.15) is 18.4 Å². The molecule has 0 amide bonds. The van der Waals surface area contributed by atoms with Crippen molar-refractivity contribution in [3.63, 3.8) is 0 Å². The fourth-order valence-electron chi connectivity index (χ4n) is 1.26. The van der Waals surface area contributed by atoms with Gasteiger partial charge in [0, 0.05) is 0 Å². The normalized spacial score (nSPS) is 10.1. The fraction of sp³-hybridized carbons (Fsp3) is 0.364. The maximum absolute atomic E-state index is 3.71. The van der Waals surface area contributed by atoms with Crippen molar-refractivity contribution in [3.8, 4) is 0 Å². The van der Waals surface area contributed by atoms with E-state index in [1.165, 1.54) is 24.8 Å². The van der Waals surface area contributed by atoms with Gasteiger partial charge in [-0.3, -0.25) is 0 Å². The monoisotopic (exact) mass is 163 g/mol. The van der Waals surface area contributed by atoms with Crippen molar-refractivity contribution in [1.82, 2.24) is 0 Å². The molecule has 0 aliphatic rings. The second kappa shape index (κ2) is 5.78. The molecule has 0 saturated heterocycles. The molecule has 0 bridgehead atoms. The molecule has 1 aromatic rings. The topological polar surface area (TPSA) is 16.6 Å². The Hall–Kier alpha value is -0.820. The molecule has 1 aromatic carbocycles. The quantitative estimate of drug-likeness (QED) is 0.498. The summed E-state index contributed by atoms with van der Waals surface area (Å²) < 4.78 is 0. The number of rotatable bonds is 5. The molecule has 66 valence electrons. The van der Waals surface area contributed by atoms with E-state index in [-0.39, 0.29) is 0 Å². The minimum Gasteiger partial charge on any atom is -0.479 e. The van der Waals surface area contributed by atoms with E-state index in [2.05, 4.69) is 37.4 Å². The molecule has 0 atom stereocenters. The van der Waals surface area contributed by atoms with Crippen molar-refractivity contribution in [2.24, 2.45) is 0 Å². The second-order valence-electron chi connectivity index (χ2n) is 3.02. The van der Waals surface area contributed by atoms with Gasteiger partial charge in [-0.2, -0.15) is 7.05 Å². The molecule has 0 aliphatic carbocycles. The smallest absolute Gasteiger partial charge is 0.0515 e. The molecule has 0 fully saturated rings. The Morgan fingerprint density at radius 2 is 1.83 bits per heavy atom. The molecule has 0 aliphatic heterocycles. The maximum atomic E-state index is 3.71. The van der Waals surface area contributed by atoms with Crippen LogP contribution in [0.3, 0.4) is 0 Å². The van der Waals surface area contributed by atoms with Crippen LogP contribution in [0.4, 0.5) is 0 Å². The molecule has 0 unspecified atom stereocenters. The largest absolute Gasteiger partial charge is 0.479 e. The third kappa shape index (κ3) is 3.54. The van der Waals surface area contributed by atoms with Gasteiger partial charge in [0.15, 0.2) is 0 Å². The highest BCUT2D eigenvalue weighted by Gasteiger charge is 1.90. The molecule has 1 heteroatoms. The summed E-state index contributed by atoms with van der Waals surface area (Å²) in [6, 6.07) is 10.6. The number of quaternary nitrogens is 1. The zero-order chi connectivity index (χ0) is 8.65. The number of aryl methyl sites for hydroxylation is 1. The van der Waals surface area contributed by atoms with Crippen molar-refractivity contribution in [2.45, 2.75) is 19.3 Å². The van der Waals surface area contributed by atoms with Crippen LogP contribution >= 0.6 is 0 Å². The number of hydrogen-bond donors (Lipinski definition) is 1. The molecular formula is C11H17N. The standard InChI is InChI=1S/C11H17N/c1-12-10-6-5-9-11-7-3-2-4-8-11/h2-4,7-8H,1,5-6,9-10,12H2. The van der Waals surface area contributed by atoms with Crippen LogP contribution in [-0.4, -0.2) is 6.54 Å². The average Bonchev–Trinajstić information content (AvgIpc) is 2.14.